The van der Waals surface area contributed by atoms with Gasteiger partial charge in [0.25, 0.3) is 0 Å². The highest BCUT2D eigenvalue weighted by Gasteiger charge is 2.31. The summed E-state index contributed by atoms with van der Waals surface area (Å²) in [5.74, 6) is 0.0500. The van der Waals surface area contributed by atoms with Crippen LogP contribution in [-0.2, 0) is 14.2 Å². The maximum absolute atomic E-state index is 10.0. The summed E-state index contributed by atoms with van der Waals surface area (Å²) < 4.78 is 16.3. The van der Waals surface area contributed by atoms with Crippen molar-refractivity contribution in [1.82, 2.24) is 0 Å². The topological polar surface area (TPSA) is 47.9 Å². The number of hydrogen-bond donors (Lipinski definition) is 1. The Kier molecular flexibility index (Phi) is 5.38. The molecule has 0 amide bonds. The lowest BCUT2D eigenvalue weighted by atomic mass is 9.82. The molecular weight excluding hydrogens is 220 g/mol. The molecule has 0 aromatic rings. The van der Waals surface area contributed by atoms with Crippen LogP contribution in [0.4, 0.5) is 0 Å². The number of rotatable bonds is 4. The van der Waals surface area contributed by atoms with Crippen LogP contribution in [0.25, 0.3) is 0 Å². The first-order valence-electron chi connectivity index (χ1n) is 6.36. The third kappa shape index (κ3) is 4.54. The summed E-state index contributed by atoms with van der Waals surface area (Å²) in [7, 11) is 1.63. The van der Waals surface area contributed by atoms with Gasteiger partial charge in [0, 0.05) is 13.0 Å². The van der Waals surface area contributed by atoms with Crippen LogP contribution < -0.4 is 0 Å². The van der Waals surface area contributed by atoms with E-state index in [4.69, 9.17) is 14.2 Å². The fourth-order valence-electron chi connectivity index (χ4n) is 1.73. The normalized spacial score (nSPS) is 30.0. The van der Waals surface area contributed by atoms with Gasteiger partial charge in [-0.2, -0.15) is 0 Å². The van der Waals surface area contributed by atoms with Crippen molar-refractivity contribution in [3.63, 3.8) is 0 Å². The molecule has 1 fully saturated rings. The molecule has 0 bridgehead atoms. The Morgan fingerprint density at radius 3 is 2.35 bits per heavy atom. The van der Waals surface area contributed by atoms with Crippen molar-refractivity contribution >= 4 is 0 Å². The average Bonchev–Trinajstić information content (AvgIpc) is 2.27. The monoisotopic (exact) mass is 246 g/mol. The zero-order valence-corrected chi connectivity index (χ0v) is 11.6. The number of aliphatic hydroxyl groups is 1. The van der Waals surface area contributed by atoms with E-state index in [9.17, 15) is 5.11 Å². The summed E-state index contributed by atoms with van der Waals surface area (Å²) in [5.41, 5.74) is 0.00867. The quantitative estimate of drug-likeness (QED) is 0.774. The molecular formula is C13H26O4. The lowest BCUT2D eigenvalue weighted by Gasteiger charge is -2.35. The van der Waals surface area contributed by atoms with Crippen LogP contribution in [0.5, 0.6) is 0 Å². The molecule has 0 saturated carbocycles. The Morgan fingerprint density at radius 1 is 1.24 bits per heavy atom. The van der Waals surface area contributed by atoms with E-state index in [0.29, 0.717) is 0 Å². The molecule has 4 nitrogen and oxygen atoms in total. The first-order chi connectivity index (χ1) is 7.84. The van der Waals surface area contributed by atoms with Crippen molar-refractivity contribution in [2.45, 2.75) is 65.8 Å². The highest BCUT2D eigenvalue weighted by Crippen LogP contribution is 2.30. The van der Waals surface area contributed by atoms with Crippen molar-refractivity contribution < 1.29 is 19.3 Å². The molecule has 1 saturated heterocycles. The molecule has 1 N–H and O–H groups in total. The van der Waals surface area contributed by atoms with E-state index < -0.39 is 6.29 Å². The molecule has 0 aromatic heterocycles. The number of methoxy groups -OCH3 is 1. The van der Waals surface area contributed by atoms with Crippen molar-refractivity contribution in [3.8, 4) is 0 Å². The third-order valence-corrected chi connectivity index (χ3v) is 3.53. The molecule has 1 aliphatic heterocycles. The molecule has 1 aliphatic rings. The van der Waals surface area contributed by atoms with E-state index in [1.54, 1.807) is 7.11 Å². The molecule has 0 spiro atoms. The Balaban J connectivity index is 2.42. The van der Waals surface area contributed by atoms with Gasteiger partial charge in [0.05, 0.1) is 0 Å². The minimum absolute atomic E-state index is 0.00867. The van der Waals surface area contributed by atoms with Gasteiger partial charge in [-0.3, -0.25) is 0 Å². The maximum Gasteiger partial charge on any atom is 0.163 e. The lowest BCUT2D eigenvalue weighted by Crippen LogP contribution is -2.38. The predicted molar refractivity (Wildman–Crippen MR) is 65.2 cm³/mol. The van der Waals surface area contributed by atoms with Gasteiger partial charge in [-0.25, -0.2) is 0 Å². The summed E-state index contributed by atoms with van der Waals surface area (Å²) >= 11 is 0. The van der Waals surface area contributed by atoms with Gasteiger partial charge in [-0.15, -0.1) is 0 Å². The molecule has 0 aromatic carbocycles. The highest BCUT2D eigenvalue weighted by molar-refractivity contribution is 4.72. The van der Waals surface area contributed by atoms with Gasteiger partial charge in [0.15, 0.2) is 18.9 Å². The molecule has 1 heterocycles. The largest absolute Gasteiger partial charge is 0.368 e. The lowest BCUT2D eigenvalue weighted by molar-refractivity contribution is -0.310. The van der Waals surface area contributed by atoms with Crippen molar-refractivity contribution in [2.24, 2.45) is 11.3 Å². The zero-order chi connectivity index (χ0) is 13.1. The minimum Gasteiger partial charge on any atom is -0.368 e. The van der Waals surface area contributed by atoms with Crippen LogP contribution in [0.1, 0.15) is 47.0 Å². The fraction of sp³-hybridized carbons (Fsp3) is 1.00. The van der Waals surface area contributed by atoms with E-state index in [1.807, 2.05) is 6.92 Å². The average molecular weight is 246 g/mol. The maximum atomic E-state index is 10.0. The van der Waals surface area contributed by atoms with Gasteiger partial charge in [-0.1, -0.05) is 27.7 Å². The Labute approximate surface area is 104 Å². The van der Waals surface area contributed by atoms with E-state index in [2.05, 4.69) is 20.8 Å². The van der Waals surface area contributed by atoms with Crippen LogP contribution in [0.2, 0.25) is 0 Å². The SMILES string of the molecule is COC1CCCC(OC(O)C(C)C(C)(C)C)O1. The minimum atomic E-state index is -0.796. The second kappa shape index (κ2) is 6.14. The number of hydrogen-bond acceptors (Lipinski definition) is 4. The summed E-state index contributed by atoms with van der Waals surface area (Å²) in [5, 5.41) is 10.0. The third-order valence-electron chi connectivity index (χ3n) is 3.53. The van der Waals surface area contributed by atoms with Crippen LogP contribution in [0.3, 0.4) is 0 Å². The number of aliphatic hydroxyl groups excluding tert-OH is 1. The molecule has 4 unspecified atom stereocenters. The first-order valence-corrected chi connectivity index (χ1v) is 6.36. The molecule has 0 aliphatic carbocycles. The smallest absolute Gasteiger partial charge is 0.163 e. The van der Waals surface area contributed by atoms with E-state index in [-0.39, 0.29) is 23.9 Å². The Bertz CT molecular complexity index is 224. The summed E-state index contributed by atoms with van der Waals surface area (Å²) in [4.78, 5) is 0. The summed E-state index contributed by atoms with van der Waals surface area (Å²) in [6, 6.07) is 0. The van der Waals surface area contributed by atoms with Crippen LogP contribution >= 0.6 is 0 Å². The van der Waals surface area contributed by atoms with Gasteiger partial charge in [0.2, 0.25) is 0 Å². The van der Waals surface area contributed by atoms with Crippen LogP contribution in [0, 0.1) is 11.3 Å². The van der Waals surface area contributed by atoms with Crippen LogP contribution in [0.15, 0.2) is 0 Å². The van der Waals surface area contributed by atoms with E-state index in [0.717, 1.165) is 19.3 Å². The second-order valence-corrected chi connectivity index (χ2v) is 5.84. The Hall–Kier alpha value is -0.160. The fourth-order valence-corrected chi connectivity index (χ4v) is 1.73. The summed E-state index contributed by atoms with van der Waals surface area (Å²) in [6.07, 6.45) is 1.35. The molecule has 17 heavy (non-hydrogen) atoms. The van der Waals surface area contributed by atoms with Crippen LogP contribution in [-0.4, -0.2) is 31.1 Å². The summed E-state index contributed by atoms with van der Waals surface area (Å²) in [6.45, 7) is 8.25. The van der Waals surface area contributed by atoms with Gasteiger partial charge >= 0.3 is 0 Å². The Morgan fingerprint density at radius 2 is 1.82 bits per heavy atom. The van der Waals surface area contributed by atoms with E-state index >= 15 is 0 Å². The van der Waals surface area contributed by atoms with Crippen molar-refractivity contribution in [3.05, 3.63) is 0 Å². The predicted octanol–water partition coefficient (Wildman–Crippen LogP) is 2.50. The number of ether oxygens (including phenoxy) is 3. The highest BCUT2D eigenvalue weighted by atomic mass is 16.8. The molecule has 102 valence electrons. The van der Waals surface area contributed by atoms with Gasteiger partial charge in [0.1, 0.15) is 0 Å². The van der Waals surface area contributed by atoms with Gasteiger partial charge in [-0.05, 0) is 24.7 Å². The standard InChI is InChI=1S/C13H26O4/c1-9(13(2,3)4)12(14)17-11-8-6-7-10(15-5)16-11/h9-12,14H,6-8H2,1-5H3. The van der Waals surface area contributed by atoms with Crippen molar-refractivity contribution in [1.29, 1.82) is 0 Å². The second-order valence-electron chi connectivity index (χ2n) is 5.84. The first kappa shape index (κ1) is 14.9. The van der Waals surface area contributed by atoms with Crippen molar-refractivity contribution in [2.75, 3.05) is 7.11 Å². The zero-order valence-electron chi connectivity index (χ0n) is 11.6. The molecule has 0 radical (unpaired) electrons. The molecule has 4 heteroatoms. The molecule has 1 rings (SSSR count). The molecule has 4 atom stereocenters. The van der Waals surface area contributed by atoms with E-state index in [1.165, 1.54) is 0 Å². The van der Waals surface area contributed by atoms with Gasteiger partial charge < -0.3 is 19.3 Å².